The van der Waals surface area contributed by atoms with E-state index in [1.54, 1.807) is 0 Å². The van der Waals surface area contributed by atoms with Crippen molar-refractivity contribution in [1.29, 1.82) is 0 Å². The number of carbonyl (C=O) groups is 1. The van der Waals surface area contributed by atoms with Crippen LogP contribution in [0.5, 0.6) is 0 Å². The summed E-state index contributed by atoms with van der Waals surface area (Å²) in [6, 6.07) is 8.03. The first-order valence-corrected chi connectivity index (χ1v) is 5.96. The standard InChI is InChI=1S/C12H13Cl2NO/c1-8-2-4-9(5-3-8)7-15-11(16)10-6-12(10,13)14/h2-5,10H,6-7H2,1H3,(H,15,16). The fourth-order valence-electron chi connectivity index (χ4n) is 1.52. The van der Waals surface area contributed by atoms with Gasteiger partial charge in [0.05, 0.1) is 5.92 Å². The highest BCUT2D eigenvalue weighted by Gasteiger charge is 2.56. The van der Waals surface area contributed by atoms with Crippen LogP contribution < -0.4 is 5.32 Å². The molecule has 2 nitrogen and oxygen atoms in total. The van der Waals surface area contributed by atoms with Crippen molar-refractivity contribution in [3.63, 3.8) is 0 Å². The van der Waals surface area contributed by atoms with Crippen LogP contribution in [0.2, 0.25) is 0 Å². The van der Waals surface area contributed by atoms with Gasteiger partial charge in [-0.1, -0.05) is 29.8 Å². The molecular formula is C12H13Cl2NO. The molecule has 1 N–H and O–H groups in total. The van der Waals surface area contributed by atoms with Gasteiger partial charge in [0.15, 0.2) is 0 Å². The van der Waals surface area contributed by atoms with Gasteiger partial charge in [0.1, 0.15) is 4.33 Å². The van der Waals surface area contributed by atoms with Crippen LogP contribution in [0.4, 0.5) is 0 Å². The van der Waals surface area contributed by atoms with E-state index < -0.39 is 4.33 Å². The molecule has 1 aromatic carbocycles. The van der Waals surface area contributed by atoms with Gasteiger partial charge < -0.3 is 5.32 Å². The number of nitrogens with one attached hydrogen (secondary N) is 1. The van der Waals surface area contributed by atoms with E-state index in [0.717, 1.165) is 5.56 Å². The zero-order valence-electron chi connectivity index (χ0n) is 8.97. The first-order valence-electron chi connectivity index (χ1n) is 5.20. The van der Waals surface area contributed by atoms with Gasteiger partial charge in [-0.2, -0.15) is 0 Å². The Bertz CT molecular complexity index is 400. The third-order valence-corrected chi connectivity index (χ3v) is 3.57. The van der Waals surface area contributed by atoms with E-state index in [0.29, 0.717) is 13.0 Å². The highest BCUT2D eigenvalue weighted by molar-refractivity contribution is 6.52. The van der Waals surface area contributed by atoms with Gasteiger partial charge >= 0.3 is 0 Å². The number of alkyl halides is 2. The normalized spacial score (nSPS) is 21.6. The predicted octanol–water partition coefficient (Wildman–Crippen LogP) is 2.81. The van der Waals surface area contributed by atoms with Crippen LogP contribution in [-0.2, 0) is 11.3 Å². The molecule has 0 spiro atoms. The van der Waals surface area contributed by atoms with E-state index in [2.05, 4.69) is 5.32 Å². The Morgan fingerprint density at radius 2 is 2.00 bits per heavy atom. The molecule has 1 amide bonds. The van der Waals surface area contributed by atoms with Crippen LogP contribution >= 0.6 is 23.2 Å². The Morgan fingerprint density at radius 1 is 1.44 bits per heavy atom. The lowest BCUT2D eigenvalue weighted by Gasteiger charge is -2.05. The minimum absolute atomic E-state index is 0.0643. The maximum absolute atomic E-state index is 11.6. The van der Waals surface area contributed by atoms with Gasteiger partial charge in [0, 0.05) is 6.54 Å². The Labute approximate surface area is 105 Å². The SMILES string of the molecule is Cc1ccc(CNC(=O)C2CC2(Cl)Cl)cc1. The second-order valence-corrected chi connectivity index (χ2v) is 5.76. The highest BCUT2D eigenvalue weighted by Crippen LogP contribution is 2.53. The van der Waals surface area contributed by atoms with E-state index in [1.165, 1.54) is 5.56 Å². The quantitative estimate of drug-likeness (QED) is 0.830. The fourth-order valence-corrected chi connectivity index (χ4v) is 2.02. The first kappa shape index (κ1) is 11.7. The molecule has 86 valence electrons. The predicted molar refractivity (Wildman–Crippen MR) is 65.6 cm³/mol. The number of halogens is 2. The van der Waals surface area contributed by atoms with Gasteiger partial charge in [-0.15, -0.1) is 23.2 Å². The maximum Gasteiger partial charge on any atom is 0.226 e. The minimum atomic E-state index is -0.836. The van der Waals surface area contributed by atoms with E-state index in [9.17, 15) is 4.79 Å². The number of benzene rings is 1. The number of hydrogen-bond donors (Lipinski definition) is 1. The Hall–Kier alpha value is -0.730. The summed E-state index contributed by atoms with van der Waals surface area (Å²) in [6.07, 6.45) is 0.551. The Balaban J connectivity index is 1.84. The molecule has 16 heavy (non-hydrogen) atoms. The fraction of sp³-hybridized carbons (Fsp3) is 0.417. The average Bonchev–Trinajstić information content (AvgIpc) is 2.87. The summed E-state index contributed by atoms with van der Waals surface area (Å²) in [6.45, 7) is 2.56. The summed E-state index contributed by atoms with van der Waals surface area (Å²) in [4.78, 5) is 11.6. The van der Waals surface area contributed by atoms with Crippen LogP contribution in [0.25, 0.3) is 0 Å². The summed E-state index contributed by atoms with van der Waals surface area (Å²) >= 11 is 11.6. The second-order valence-electron chi connectivity index (χ2n) is 4.22. The van der Waals surface area contributed by atoms with E-state index in [-0.39, 0.29) is 11.8 Å². The monoisotopic (exact) mass is 257 g/mol. The molecule has 4 heteroatoms. The summed E-state index contributed by atoms with van der Waals surface area (Å²) in [7, 11) is 0. The Morgan fingerprint density at radius 3 is 2.50 bits per heavy atom. The highest BCUT2D eigenvalue weighted by atomic mass is 35.5. The van der Waals surface area contributed by atoms with Crippen molar-refractivity contribution in [2.45, 2.75) is 24.2 Å². The Kier molecular flexibility index (Phi) is 3.13. The number of rotatable bonds is 3. The number of amides is 1. The summed E-state index contributed by atoms with van der Waals surface area (Å²) in [5.74, 6) is -0.313. The molecule has 1 aliphatic carbocycles. The molecule has 1 atom stereocenters. The van der Waals surface area contributed by atoms with Crippen molar-refractivity contribution < 1.29 is 4.79 Å². The van der Waals surface area contributed by atoms with E-state index in [4.69, 9.17) is 23.2 Å². The number of carbonyl (C=O) groups excluding carboxylic acids is 1. The van der Waals surface area contributed by atoms with Crippen LogP contribution in [0, 0.1) is 12.8 Å². The molecule has 1 fully saturated rings. The van der Waals surface area contributed by atoms with Gasteiger partial charge in [-0.05, 0) is 18.9 Å². The van der Waals surface area contributed by atoms with Crippen molar-refractivity contribution in [2.24, 2.45) is 5.92 Å². The topological polar surface area (TPSA) is 29.1 Å². The molecule has 1 saturated carbocycles. The summed E-state index contributed by atoms with van der Waals surface area (Å²) in [5.41, 5.74) is 2.28. The van der Waals surface area contributed by atoms with Gasteiger partial charge in [-0.25, -0.2) is 0 Å². The van der Waals surface area contributed by atoms with Crippen molar-refractivity contribution in [3.05, 3.63) is 35.4 Å². The largest absolute Gasteiger partial charge is 0.352 e. The molecule has 0 saturated heterocycles. The van der Waals surface area contributed by atoms with Crippen molar-refractivity contribution in [1.82, 2.24) is 5.32 Å². The van der Waals surface area contributed by atoms with Crippen LogP contribution in [0.15, 0.2) is 24.3 Å². The molecule has 1 aliphatic rings. The maximum atomic E-state index is 11.6. The van der Waals surface area contributed by atoms with E-state index >= 15 is 0 Å². The van der Waals surface area contributed by atoms with Crippen molar-refractivity contribution in [3.8, 4) is 0 Å². The van der Waals surface area contributed by atoms with Gasteiger partial charge in [0.25, 0.3) is 0 Å². The lowest BCUT2D eigenvalue weighted by molar-refractivity contribution is -0.122. The third kappa shape index (κ3) is 2.69. The number of hydrogen-bond acceptors (Lipinski definition) is 1. The molecule has 1 unspecified atom stereocenters. The third-order valence-electron chi connectivity index (χ3n) is 2.73. The zero-order valence-corrected chi connectivity index (χ0v) is 10.5. The number of aryl methyl sites for hydroxylation is 1. The molecule has 0 radical (unpaired) electrons. The van der Waals surface area contributed by atoms with Crippen molar-refractivity contribution in [2.75, 3.05) is 0 Å². The van der Waals surface area contributed by atoms with Crippen molar-refractivity contribution >= 4 is 29.1 Å². The zero-order chi connectivity index (χ0) is 11.8. The second kappa shape index (κ2) is 4.27. The first-order chi connectivity index (χ1) is 7.49. The summed E-state index contributed by atoms with van der Waals surface area (Å²) < 4.78 is -0.836. The molecule has 0 aromatic heterocycles. The van der Waals surface area contributed by atoms with Crippen LogP contribution in [-0.4, -0.2) is 10.2 Å². The van der Waals surface area contributed by atoms with Crippen LogP contribution in [0.1, 0.15) is 17.5 Å². The van der Waals surface area contributed by atoms with Gasteiger partial charge in [0.2, 0.25) is 5.91 Å². The molecule has 0 bridgehead atoms. The lowest BCUT2D eigenvalue weighted by Crippen LogP contribution is -2.26. The summed E-state index contributed by atoms with van der Waals surface area (Å²) in [5, 5.41) is 2.83. The molecular weight excluding hydrogens is 245 g/mol. The molecule has 2 rings (SSSR count). The van der Waals surface area contributed by atoms with E-state index in [1.807, 2.05) is 31.2 Å². The molecule has 0 aliphatic heterocycles. The average molecular weight is 258 g/mol. The van der Waals surface area contributed by atoms with Gasteiger partial charge in [-0.3, -0.25) is 4.79 Å². The van der Waals surface area contributed by atoms with Crippen LogP contribution in [0.3, 0.4) is 0 Å². The minimum Gasteiger partial charge on any atom is -0.352 e. The molecule has 0 heterocycles. The molecule has 1 aromatic rings. The smallest absolute Gasteiger partial charge is 0.226 e. The lowest BCUT2D eigenvalue weighted by atomic mass is 10.1.